The molecule has 0 fully saturated rings. The minimum absolute atomic E-state index is 0.259. The van der Waals surface area contributed by atoms with Crippen LogP contribution < -0.4 is 10.6 Å². The van der Waals surface area contributed by atoms with Crippen LogP contribution in [0, 0.1) is 5.92 Å². The molecule has 0 bridgehead atoms. The summed E-state index contributed by atoms with van der Waals surface area (Å²) in [6, 6.07) is 9.70. The molecule has 0 spiro atoms. The fourth-order valence-electron chi connectivity index (χ4n) is 2.03. The van der Waals surface area contributed by atoms with Gasteiger partial charge in [0.1, 0.15) is 6.26 Å². The minimum Gasteiger partial charge on any atom is -0.469 e. The molecule has 1 atom stereocenters. The van der Waals surface area contributed by atoms with Gasteiger partial charge in [0.25, 0.3) is 0 Å². The SMILES string of the molecule is CN=C(NCc1coc(-c2ccccc2)n1)NCC(C)C(=O)OC. The first-order chi connectivity index (χ1) is 11.6. The van der Waals surface area contributed by atoms with Gasteiger partial charge in [0.05, 0.1) is 25.3 Å². The van der Waals surface area contributed by atoms with Gasteiger partial charge in [-0.3, -0.25) is 9.79 Å². The van der Waals surface area contributed by atoms with E-state index < -0.39 is 0 Å². The van der Waals surface area contributed by atoms with Crippen molar-refractivity contribution in [3.8, 4) is 11.5 Å². The predicted octanol–water partition coefficient (Wildman–Crippen LogP) is 1.82. The number of hydrogen-bond donors (Lipinski definition) is 2. The Bertz CT molecular complexity index is 682. The lowest BCUT2D eigenvalue weighted by atomic mass is 10.2. The predicted molar refractivity (Wildman–Crippen MR) is 91.3 cm³/mol. The lowest BCUT2D eigenvalue weighted by molar-refractivity contribution is -0.144. The van der Waals surface area contributed by atoms with Crippen molar-refractivity contribution in [1.29, 1.82) is 0 Å². The van der Waals surface area contributed by atoms with E-state index in [0.29, 0.717) is 24.9 Å². The quantitative estimate of drug-likeness (QED) is 0.477. The van der Waals surface area contributed by atoms with Crippen molar-refractivity contribution in [2.75, 3.05) is 20.7 Å². The van der Waals surface area contributed by atoms with Crippen LogP contribution in [0.15, 0.2) is 46.0 Å². The molecule has 0 radical (unpaired) electrons. The monoisotopic (exact) mass is 330 g/mol. The molecule has 1 aromatic carbocycles. The summed E-state index contributed by atoms with van der Waals surface area (Å²) in [6.07, 6.45) is 1.61. The molecule has 1 unspecified atom stereocenters. The summed E-state index contributed by atoms with van der Waals surface area (Å²) >= 11 is 0. The molecular weight excluding hydrogens is 308 g/mol. The number of carbonyl (C=O) groups is 1. The van der Waals surface area contributed by atoms with Crippen molar-refractivity contribution in [2.45, 2.75) is 13.5 Å². The second-order valence-corrected chi connectivity index (χ2v) is 5.24. The van der Waals surface area contributed by atoms with Crippen molar-refractivity contribution < 1.29 is 13.9 Å². The maximum atomic E-state index is 11.4. The number of carbonyl (C=O) groups excluding carboxylic acids is 1. The molecule has 0 amide bonds. The van der Waals surface area contributed by atoms with E-state index in [1.54, 1.807) is 20.2 Å². The zero-order valence-corrected chi connectivity index (χ0v) is 14.1. The number of aromatic nitrogens is 1. The van der Waals surface area contributed by atoms with Crippen LogP contribution in [0.2, 0.25) is 0 Å². The number of nitrogens with one attached hydrogen (secondary N) is 2. The van der Waals surface area contributed by atoms with Crippen molar-refractivity contribution in [1.82, 2.24) is 15.6 Å². The highest BCUT2D eigenvalue weighted by Crippen LogP contribution is 2.17. The minimum atomic E-state index is -0.262. The molecule has 128 valence electrons. The van der Waals surface area contributed by atoms with Gasteiger partial charge in [-0.25, -0.2) is 4.98 Å². The van der Waals surface area contributed by atoms with Crippen LogP contribution >= 0.6 is 0 Å². The third kappa shape index (κ3) is 4.84. The molecular formula is C17H22N4O3. The Morgan fingerprint density at radius 2 is 2.08 bits per heavy atom. The number of rotatable bonds is 6. The third-order valence-electron chi connectivity index (χ3n) is 3.41. The van der Waals surface area contributed by atoms with Gasteiger partial charge in [-0.15, -0.1) is 0 Å². The first-order valence-corrected chi connectivity index (χ1v) is 7.66. The molecule has 2 rings (SSSR count). The number of esters is 1. The Kier molecular flexibility index (Phi) is 6.36. The number of nitrogens with zero attached hydrogens (tertiary/aromatic N) is 2. The highest BCUT2D eigenvalue weighted by atomic mass is 16.5. The Morgan fingerprint density at radius 1 is 1.33 bits per heavy atom. The average Bonchev–Trinajstić information content (AvgIpc) is 3.10. The standard InChI is InChI=1S/C17H22N4O3/c1-12(16(22)23-3)9-19-17(18-2)20-10-14-11-24-15(21-14)13-7-5-4-6-8-13/h4-8,11-12H,9-10H2,1-3H3,(H2,18,19,20). The van der Waals surface area contributed by atoms with Gasteiger partial charge in [0, 0.05) is 19.2 Å². The number of aliphatic imine (C=N–C) groups is 1. The van der Waals surface area contributed by atoms with E-state index in [1.165, 1.54) is 7.11 Å². The van der Waals surface area contributed by atoms with Crippen molar-refractivity contribution >= 4 is 11.9 Å². The molecule has 1 aromatic heterocycles. The first kappa shape index (κ1) is 17.5. The van der Waals surface area contributed by atoms with E-state index in [-0.39, 0.29) is 11.9 Å². The maximum absolute atomic E-state index is 11.4. The summed E-state index contributed by atoms with van der Waals surface area (Å²) in [5.41, 5.74) is 1.69. The number of benzene rings is 1. The Morgan fingerprint density at radius 3 is 2.75 bits per heavy atom. The molecule has 0 aliphatic heterocycles. The van der Waals surface area contributed by atoms with Gasteiger partial charge in [-0.1, -0.05) is 25.1 Å². The Balaban J connectivity index is 1.86. The molecule has 2 aromatic rings. The Hall–Kier alpha value is -2.83. The van der Waals surface area contributed by atoms with Crippen LogP contribution in [0.1, 0.15) is 12.6 Å². The second kappa shape index (κ2) is 8.71. The van der Waals surface area contributed by atoms with Crippen molar-refractivity contribution in [3.05, 3.63) is 42.3 Å². The molecule has 24 heavy (non-hydrogen) atoms. The lowest BCUT2D eigenvalue weighted by Crippen LogP contribution is -2.40. The van der Waals surface area contributed by atoms with Crippen molar-refractivity contribution in [2.24, 2.45) is 10.9 Å². The molecule has 1 heterocycles. The van der Waals surface area contributed by atoms with E-state index in [2.05, 4.69) is 20.6 Å². The molecule has 7 heteroatoms. The fourth-order valence-corrected chi connectivity index (χ4v) is 2.03. The van der Waals surface area contributed by atoms with E-state index in [1.807, 2.05) is 30.3 Å². The molecule has 7 nitrogen and oxygen atoms in total. The number of guanidine groups is 1. The van der Waals surface area contributed by atoms with Crippen LogP contribution in [0.5, 0.6) is 0 Å². The van der Waals surface area contributed by atoms with E-state index >= 15 is 0 Å². The van der Waals surface area contributed by atoms with Crippen LogP contribution in [-0.4, -0.2) is 37.6 Å². The summed E-state index contributed by atoms with van der Waals surface area (Å²) < 4.78 is 10.2. The molecule has 0 aliphatic carbocycles. The van der Waals surface area contributed by atoms with Gasteiger partial charge in [-0.2, -0.15) is 0 Å². The number of methoxy groups -OCH3 is 1. The van der Waals surface area contributed by atoms with E-state index in [0.717, 1.165) is 11.3 Å². The molecule has 0 saturated carbocycles. The van der Waals surface area contributed by atoms with Crippen LogP contribution in [0.3, 0.4) is 0 Å². The zero-order chi connectivity index (χ0) is 17.4. The summed E-state index contributed by atoms with van der Waals surface area (Å²) in [4.78, 5) is 19.9. The summed E-state index contributed by atoms with van der Waals surface area (Å²) in [5, 5.41) is 6.20. The van der Waals surface area contributed by atoms with Crippen molar-refractivity contribution in [3.63, 3.8) is 0 Å². The highest BCUT2D eigenvalue weighted by Gasteiger charge is 2.13. The summed E-state index contributed by atoms with van der Waals surface area (Å²) in [5.74, 6) is 0.636. The molecule has 0 aliphatic rings. The third-order valence-corrected chi connectivity index (χ3v) is 3.41. The topological polar surface area (TPSA) is 88.8 Å². The second-order valence-electron chi connectivity index (χ2n) is 5.24. The summed E-state index contributed by atoms with van der Waals surface area (Å²) in [6.45, 7) is 2.68. The van der Waals surface area contributed by atoms with Crippen LogP contribution in [-0.2, 0) is 16.1 Å². The zero-order valence-electron chi connectivity index (χ0n) is 14.1. The van der Waals surface area contributed by atoms with Gasteiger partial charge >= 0.3 is 5.97 Å². The Labute approximate surface area is 141 Å². The summed E-state index contributed by atoms with van der Waals surface area (Å²) in [7, 11) is 3.04. The lowest BCUT2D eigenvalue weighted by Gasteiger charge is -2.13. The van der Waals surface area contributed by atoms with E-state index in [4.69, 9.17) is 9.15 Å². The van der Waals surface area contributed by atoms with Crippen LogP contribution in [0.25, 0.3) is 11.5 Å². The largest absolute Gasteiger partial charge is 0.469 e. The van der Waals surface area contributed by atoms with E-state index in [9.17, 15) is 4.79 Å². The van der Waals surface area contributed by atoms with Gasteiger partial charge in [0.2, 0.25) is 5.89 Å². The first-order valence-electron chi connectivity index (χ1n) is 7.66. The number of hydrogen-bond acceptors (Lipinski definition) is 5. The smallest absolute Gasteiger partial charge is 0.310 e. The van der Waals surface area contributed by atoms with Gasteiger partial charge < -0.3 is 19.8 Å². The normalized spacial score (nSPS) is 12.5. The fraction of sp³-hybridized carbons (Fsp3) is 0.353. The van der Waals surface area contributed by atoms with Gasteiger partial charge in [-0.05, 0) is 12.1 Å². The molecule has 0 saturated heterocycles. The highest BCUT2D eigenvalue weighted by molar-refractivity contribution is 5.80. The number of ether oxygens (including phenoxy) is 1. The average molecular weight is 330 g/mol. The van der Waals surface area contributed by atoms with Crippen LogP contribution in [0.4, 0.5) is 0 Å². The number of oxazole rings is 1. The maximum Gasteiger partial charge on any atom is 0.310 e. The molecule has 2 N–H and O–H groups in total. The van der Waals surface area contributed by atoms with Gasteiger partial charge in [0.15, 0.2) is 5.96 Å².